The van der Waals surface area contributed by atoms with Crippen LogP contribution in [0.2, 0.25) is 0 Å². The Kier molecular flexibility index (Phi) is 6.90. The molecule has 2 aliphatic heterocycles. The summed E-state index contributed by atoms with van der Waals surface area (Å²) >= 11 is 0. The average molecular weight is 384 g/mol. The van der Waals surface area contributed by atoms with Gasteiger partial charge in [0.1, 0.15) is 43.2 Å². The van der Waals surface area contributed by atoms with Crippen LogP contribution < -0.4 is 0 Å². The summed E-state index contributed by atoms with van der Waals surface area (Å²) in [4.78, 5) is 11.3. The Labute approximate surface area is 148 Å². The van der Waals surface area contributed by atoms with Gasteiger partial charge in [-0.25, -0.2) is 0 Å². The molecule has 152 valence electrons. The third kappa shape index (κ3) is 3.84. The van der Waals surface area contributed by atoms with Crippen molar-refractivity contribution in [3.05, 3.63) is 0 Å². The van der Waals surface area contributed by atoms with Gasteiger partial charge in [-0.2, -0.15) is 0 Å². The zero-order chi connectivity index (χ0) is 19.6. The molecule has 0 aliphatic carbocycles. The number of aliphatic hydroxyl groups is 7. The number of hydrogen-bond donors (Lipinski definition) is 7. The van der Waals surface area contributed by atoms with E-state index < -0.39 is 80.6 Å². The molecule has 2 rings (SSSR count). The maximum absolute atomic E-state index is 11.3. The van der Waals surface area contributed by atoms with E-state index in [0.29, 0.717) is 0 Å². The molecule has 26 heavy (non-hydrogen) atoms. The van der Waals surface area contributed by atoms with E-state index in [4.69, 9.17) is 18.9 Å². The lowest BCUT2D eigenvalue weighted by molar-refractivity contribution is -0.383. The molecule has 0 saturated carbocycles. The summed E-state index contributed by atoms with van der Waals surface area (Å²) in [6, 6.07) is 0. The molecule has 0 aromatic carbocycles. The fourth-order valence-corrected chi connectivity index (χ4v) is 2.93. The smallest absolute Gasteiger partial charge is 0.303 e. The Bertz CT molecular complexity index is 489. The van der Waals surface area contributed by atoms with Gasteiger partial charge in [0.2, 0.25) is 12.1 Å². The molecule has 9 atom stereocenters. The zero-order valence-corrected chi connectivity index (χ0v) is 13.9. The minimum absolute atomic E-state index is 0.692. The molecule has 0 spiro atoms. The molecule has 0 aromatic heterocycles. The lowest BCUT2D eigenvalue weighted by Gasteiger charge is -2.44. The maximum atomic E-state index is 11.3. The third-order valence-electron chi connectivity index (χ3n) is 4.35. The molecule has 2 aliphatic rings. The molecule has 0 radical (unpaired) electrons. The molecule has 0 bridgehead atoms. The average Bonchev–Trinajstić information content (AvgIpc) is 2.86. The van der Waals surface area contributed by atoms with Crippen LogP contribution in [0.3, 0.4) is 0 Å². The molecule has 7 N–H and O–H groups in total. The Morgan fingerprint density at radius 1 is 1.00 bits per heavy atom. The number of carbonyl (C=O) groups excluding carboxylic acids is 1. The Balaban J connectivity index is 2.28. The Morgan fingerprint density at radius 3 is 2.08 bits per heavy atom. The molecule has 12 nitrogen and oxygen atoms in total. The molecule has 0 amide bonds. The van der Waals surface area contributed by atoms with Crippen molar-refractivity contribution >= 4 is 5.97 Å². The van der Waals surface area contributed by atoms with Gasteiger partial charge in [0.15, 0.2) is 6.10 Å². The molecule has 2 heterocycles. The van der Waals surface area contributed by atoms with E-state index in [2.05, 4.69) is 0 Å². The molecule has 0 unspecified atom stereocenters. The fourth-order valence-electron chi connectivity index (χ4n) is 2.93. The van der Waals surface area contributed by atoms with Gasteiger partial charge in [0.25, 0.3) is 0 Å². The Morgan fingerprint density at radius 2 is 1.62 bits per heavy atom. The largest absolute Gasteiger partial charge is 0.454 e. The first-order valence-electron chi connectivity index (χ1n) is 7.94. The quantitative estimate of drug-likeness (QED) is 0.216. The van der Waals surface area contributed by atoms with Crippen LogP contribution >= 0.6 is 0 Å². The molecule has 2 fully saturated rings. The van der Waals surface area contributed by atoms with Crippen molar-refractivity contribution in [3.8, 4) is 0 Å². The first-order chi connectivity index (χ1) is 12.2. The predicted molar refractivity (Wildman–Crippen MR) is 78.2 cm³/mol. The number of esters is 1. The third-order valence-corrected chi connectivity index (χ3v) is 4.35. The number of carbonyl (C=O) groups is 1. The van der Waals surface area contributed by atoms with Gasteiger partial charge in [-0.1, -0.05) is 0 Å². The summed E-state index contributed by atoms with van der Waals surface area (Å²) in [6.07, 6.45) is -12.6. The van der Waals surface area contributed by atoms with E-state index in [-0.39, 0.29) is 0 Å². The first-order valence-corrected chi connectivity index (χ1v) is 7.94. The number of rotatable bonds is 6. The fraction of sp³-hybridized carbons (Fsp3) is 0.929. The summed E-state index contributed by atoms with van der Waals surface area (Å²) < 4.78 is 20.8. The topological polar surface area (TPSA) is 196 Å². The number of hydrogen-bond acceptors (Lipinski definition) is 12. The van der Waals surface area contributed by atoms with E-state index >= 15 is 0 Å². The Hall–Kier alpha value is -0.930. The first kappa shape index (κ1) is 21.4. The molecular formula is C14H24O12. The van der Waals surface area contributed by atoms with Crippen molar-refractivity contribution in [1.82, 2.24) is 0 Å². The molecule has 2 saturated heterocycles. The molecule has 0 aromatic rings. The van der Waals surface area contributed by atoms with E-state index in [9.17, 15) is 40.5 Å². The maximum Gasteiger partial charge on any atom is 0.303 e. The van der Waals surface area contributed by atoms with Crippen LogP contribution in [0.25, 0.3) is 0 Å². The van der Waals surface area contributed by atoms with Gasteiger partial charge in [-0.15, -0.1) is 0 Å². The summed E-state index contributed by atoms with van der Waals surface area (Å²) in [5, 5.41) is 68.2. The van der Waals surface area contributed by atoms with Crippen LogP contribution in [0.4, 0.5) is 0 Å². The predicted octanol–water partition coefficient (Wildman–Crippen LogP) is -4.82. The minimum Gasteiger partial charge on any atom is -0.454 e. The van der Waals surface area contributed by atoms with Gasteiger partial charge in [0.05, 0.1) is 13.2 Å². The van der Waals surface area contributed by atoms with E-state index in [1.54, 1.807) is 0 Å². The van der Waals surface area contributed by atoms with Crippen molar-refractivity contribution < 1.29 is 59.5 Å². The van der Waals surface area contributed by atoms with Crippen molar-refractivity contribution in [2.24, 2.45) is 0 Å². The normalized spacial score (nSPS) is 46.3. The monoisotopic (exact) mass is 384 g/mol. The molecular weight excluding hydrogens is 360 g/mol. The highest BCUT2D eigenvalue weighted by Gasteiger charge is 2.59. The second-order valence-corrected chi connectivity index (χ2v) is 6.14. The van der Waals surface area contributed by atoms with Gasteiger partial charge < -0.3 is 54.7 Å². The van der Waals surface area contributed by atoms with Crippen molar-refractivity contribution in [2.75, 3.05) is 19.8 Å². The minimum atomic E-state index is -2.27. The van der Waals surface area contributed by atoms with Crippen LogP contribution in [0.5, 0.6) is 0 Å². The van der Waals surface area contributed by atoms with Gasteiger partial charge in [-0.05, 0) is 0 Å². The standard InChI is InChI=1S/C14H24O12/c1-5(18)23-11-10(21)8(19)6(2-15)24-13(11)26-14(4-17)12(22)9(20)7(3-16)25-14/h6-13,15-17,19-22H,2-4H2,1H3/t6-,7-,8-,9-,10+,11-,12+,13-,14+/m1/s1. The summed E-state index contributed by atoms with van der Waals surface area (Å²) in [6.45, 7) is -1.37. The SMILES string of the molecule is CC(=O)O[C@H]1[C@@H](O[C@]2(CO)O[C@H](CO)[C@@H](O)[C@@H]2O)O[C@H](CO)[C@@H](O)[C@@H]1O. The number of ether oxygens (including phenoxy) is 4. The highest BCUT2D eigenvalue weighted by Crippen LogP contribution is 2.36. The zero-order valence-electron chi connectivity index (χ0n) is 13.9. The van der Waals surface area contributed by atoms with Gasteiger partial charge >= 0.3 is 5.97 Å². The summed E-state index contributed by atoms with van der Waals surface area (Å²) in [5.41, 5.74) is 0. The van der Waals surface area contributed by atoms with Crippen molar-refractivity contribution in [1.29, 1.82) is 0 Å². The van der Waals surface area contributed by atoms with Crippen LogP contribution in [-0.2, 0) is 23.7 Å². The summed E-state index contributed by atoms with van der Waals surface area (Å²) in [7, 11) is 0. The highest BCUT2D eigenvalue weighted by atomic mass is 16.8. The lowest BCUT2D eigenvalue weighted by atomic mass is 9.98. The highest BCUT2D eigenvalue weighted by molar-refractivity contribution is 5.66. The van der Waals surface area contributed by atoms with Crippen LogP contribution in [0.1, 0.15) is 6.92 Å². The second kappa shape index (κ2) is 8.39. The van der Waals surface area contributed by atoms with E-state index in [1.807, 2.05) is 0 Å². The molecule has 12 heteroatoms. The van der Waals surface area contributed by atoms with Gasteiger partial charge in [0, 0.05) is 6.92 Å². The van der Waals surface area contributed by atoms with E-state index in [0.717, 1.165) is 6.92 Å². The van der Waals surface area contributed by atoms with Crippen LogP contribution in [0, 0.1) is 0 Å². The van der Waals surface area contributed by atoms with Crippen molar-refractivity contribution in [2.45, 2.75) is 61.7 Å². The number of aliphatic hydroxyl groups excluding tert-OH is 7. The lowest BCUT2D eigenvalue weighted by Crippen LogP contribution is -2.63. The summed E-state index contributed by atoms with van der Waals surface area (Å²) in [5.74, 6) is -3.11. The second-order valence-electron chi connectivity index (χ2n) is 6.14. The van der Waals surface area contributed by atoms with E-state index in [1.165, 1.54) is 0 Å². The van der Waals surface area contributed by atoms with Gasteiger partial charge in [-0.3, -0.25) is 4.79 Å². The van der Waals surface area contributed by atoms with Crippen LogP contribution in [-0.4, -0.2) is 116 Å². The van der Waals surface area contributed by atoms with Crippen molar-refractivity contribution in [3.63, 3.8) is 0 Å². The van der Waals surface area contributed by atoms with Crippen LogP contribution in [0.15, 0.2) is 0 Å².